The molecule has 0 aromatic heterocycles. The predicted octanol–water partition coefficient (Wildman–Crippen LogP) is 0.225. The summed E-state index contributed by atoms with van der Waals surface area (Å²) in [6.07, 6.45) is 1.18. The first-order chi connectivity index (χ1) is 9.40. The molecule has 0 atom stereocenters. The highest BCUT2D eigenvalue weighted by atomic mass is 32.1. The van der Waals surface area contributed by atoms with Gasteiger partial charge in [0.25, 0.3) is 5.69 Å². The molecule has 0 aliphatic rings. The van der Waals surface area contributed by atoms with Crippen molar-refractivity contribution < 1.29 is 19.6 Å². The van der Waals surface area contributed by atoms with Crippen LogP contribution in [0.5, 0.6) is 5.75 Å². The number of nitro benzene ring substituents is 1. The number of aliphatic carboxylic acids is 1. The van der Waals surface area contributed by atoms with Crippen molar-refractivity contribution in [3.8, 4) is 5.75 Å². The summed E-state index contributed by atoms with van der Waals surface area (Å²) in [6.45, 7) is -0.582. The smallest absolute Gasteiger partial charge is 0.341 e. The minimum absolute atomic E-state index is 0.0836. The van der Waals surface area contributed by atoms with Crippen molar-refractivity contribution in [1.82, 2.24) is 5.43 Å². The van der Waals surface area contributed by atoms with Crippen LogP contribution in [0.2, 0.25) is 0 Å². The largest absolute Gasteiger partial charge is 0.481 e. The van der Waals surface area contributed by atoms with Crippen LogP contribution in [0.3, 0.4) is 0 Å². The van der Waals surface area contributed by atoms with Gasteiger partial charge in [0.2, 0.25) is 0 Å². The molecule has 0 aliphatic heterocycles. The van der Waals surface area contributed by atoms with E-state index in [-0.39, 0.29) is 22.1 Å². The lowest BCUT2D eigenvalue weighted by Gasteiger charge is -2.06. The molecule has 0 saturated carbocycles. The minimum atomic E-state index is -1.17. The summed E-state index contributed by atoms with van der Waals surface area (Å²) in [5.74, 6) is -1.04. The third-order valence-corrected chi connectivity index (χ3v) is 2.03. The zero-order valence-electron chi connectivity index (χ0n) is 9.98. The van der Waals surface area contributed by atoms with E-state index < -0.39 is 17.5 Å². The minimum Gasteiger partial charge on any atom is -0.481 e. The number of nitrogens with one attached hydrogen (secondary N) is 1. The number of nitro groups is 1. The van der Waals surface area contributed by atoms with Crippen LogP contribution in [0, 0.1) is 10.1 Å². The Hall–Kier alpha value is -2.75. The average Bonchev–Trinajstić information content (AvgIpc) is 2.36. The Morgan fingerprint density at radius 2 is 2.35 bits per heavy atom. The van der Waals surface area contributed by atoms with Crippen molar-refractivity contribution in [2.75, 3.05) is 6.61 Å². The Kier molecular flexibility index (Phi) is 5.35. The van der Waals surface area contributed by atoms with Gasteiger partial charge in [-0.15, -0.1) is 0 Å². The molecule has 0 radical (unpaired) electrons. The number of rotatable bonds is 6. The van der Waals surface area contributed by atoms with Gasteiger partial charge in [-0.25, -0.2) is 4.79 Å². The number of carboxylic acid groups (broad SMARTS) is 1. The number of benzene rings is 1. The van der Waals surface area contributed by atoms with Gasteiger partial charge < -0.3 is 15.6 Å². The van der Waals surface area contributed by atoms with Gasteiger partial charge in [-0.2, -0.15) is 5.10 Å². The standard InChI is InChI=1S/C10H10N4O5S/c11-10(20)13-12-4-6-3-7(14(17)18)1-2-8(6)19-5-9(15)16/h1-4H,5H2,(H,15,16)(H3,11,13,20). The van der Waals surface area contributed by atoms with Crippen LogP contribution < -0.4 is 15.9 Å². The molecule has 0 heterocycles. The van der Waals surface area contributed by atoms with Crippen LogP contribution in [0.25, 0.3) is 0 Å². The van der Waals surface area contributed by atoms with E-state index in [0.717, 1.165) is 0 Å². The first kappa shape index (κ1) is 15.3. The molecule has 0 saturated heterocycles. The van der Waals surface area contributed by atoms with Crippen molar-refractivity contribution in [2.45, 2.75) is 0 Å². The number of carbonyl (C=O) groups is 1. The third-order valence-electron chi connectivity index (χ3n) is 1.93. The molecule has 0 bridgehead atoms. The van der Waals surface area contributed by atoms with Crippen LogP contribution in [-0.4, -0.2) is 33.9 Å². The number of ether oxygens (including phenoxy) is 1. The van der Waals surface area contributed by atoms with Crippen LogP contribution in [0.1, 0.15) is 5.56 Å². The summed E-state index contributed by atoms with van der Waals surface area (Å²) in [5.41, 5.74) is 7.45. The monoisotopic (exact) mass is 298 g/mol. The molecule has 0 spiro atoms. The summed E-state index contributed by atoms with van der Waals surface area (Å²) in [7, 11) is 0. The van der Waals surface area contributed by atoms with E-state index in [0.29, 0.717) is 0 Å². The van der Waals surface area contributed by atoms with Gasteiger partial charge in [0, 0.05) is 17.7 Å². The van der Waals surface area contributed by atoms with E-state index in [1.54, 1.807) is 0 Å². The lowest BCUT2D eigenvalue weighted by Crippen LogP contribution is -2.24. The maximum atomic E-state index is 10.7. The summed E-state index contributed by atoms with van der Waals surface area (Å²) in [6, 6.07) is 3.65. The zero-order chi connectivity index (χ0) is 15.1. The van der Waals surface area contributed by atoms with E-state index in [4.69, 9.17) is 15.6 Å². The molecule has 10 heteroatoms. The van der Waals surface area contributed by atoms with Gasteiger partial charge in [-0.1, -0.05) is 0 Å². The molecule has 0 amide bonds. The van der Waals surface area contributed by atoms with Crippen LogP contribution in [-0.2, 0) is 4.79 Å². The van der Waals surface area contributed by atoms with E-state index in [1.165, 1.54) is 24.4 Å². The maximum Gasteiger partial charge on any atom is 0.341 e. The van der Waals surface area contributed by atoms with Gasteiger partial charge in [-0.05, 0) is 18.3 Å². The zero-order valence-corrected chi connectivity index (χ0v) is 10.8. The molecule has 9 nitrogen and oxygen atoms in total. The Morgan fingerprint density at radius 3 is 2.90 bits per heavy atom. The number of non-ortho nitro benzene ring substituents is 1. The van der Waals surface area contributed by atoms with E-state index >= 15 is 0 Å². The van der Waals surface area contributed by atoms with E-state index in [1.807, 2.05) is 0 Å². The number of nitrogens with two attached hydrogens (primary N) is 1. The molecule has 20 heavy (non-hydrogen) atoms. The second kappa shape index (κ2) is 6.99. The van der Waals surface area contributed by atoms with Gasteiger partial charge in [0.05, 0.1) is 11.1 Å². The molecule has 0 unspecified atom stereocenters. The first-order valence-corrected chi connectivity index (χ1v) is 5.52. The van der Waals surface area contributed by atoms with Gasteiger partial charge in [-0.3, -0.25) is 15.5 Å². The third kappa shape index (κ3) is 4.86. The normalized spacial score (nSPS) is 10.2. The fourth-order valence-electron chi connectivity index (χ4n) is 1.19. The fraction of sp³-hybridized carbons (Fsp3) is 0.100. The van der Waals surface area contributed by atoms with Gasteiger partial charge in [0.1, 0.15) is 5.75 Å². The topological polar surface area (TPSA) is 140 Å². The molecule has 1 aromatic rings. The quantitative estimate of drug-likeness (QED) is 0.293. The lowest BCUT2D eigenvalue weighted by molar-refractivity contribution is -0.384. The molecule has 1 rings (SSSR count). The summed E-state index contributed by atoms with van der Waals surface area (Å²) in [5, 5.41) is 22.8. The fourth-order valence-corrected chi connectivity index (χ4v) is 1.24. The van der Waals surface area contributed by atoms with E-state index in [9.17, 15) is 14.9 Å². The summed E-state index contributed by atoms with van der Waals surface area (Å²) < 4.78 is 4.99. The Morgan fingerprint density at radius 1 is 1.65 bits per heavy atom. The number of nitrogens with zero attached hydrogens (tertiary/aromatic N) is 2. The Bertz CT molecular complexity index is 575. The van der Waals surface area contributed by atoms with Gasteiger partial charge >= 0.3 is 5.97 Å². The van der Waals surface area contributed by atoms with Crippen LogP contribution in [0.15, 0.2) is 23.3 Å². The van der Waals surface area contributed by atoms with Crippen molar-refractivity contribution in [2.24, 2.45) is 10.8 Å². The summed E-state index contributed by atoms with van der Waals surface area (Å²) >= 11 is 4.53. The molecule has 106 valence electrons. The number of hydrogen-bond acceptors (Lipinski definition) is 6. The van der Waals surface area contributed by atoms with Crippen molar-refractivity contribution >= 4 is 35.2 Å². The highest BCUT2D eigenvalue weighted by Crippen LogP contribution is 2.22. The first-order valence-electron chi connectivity index (χ1n) is 5.11. The number of hydrogen-bond donors (Lipinski definition) is 3. The average molecular weight is 298 g/mol. The van der Waals surface area contributed by atoms with Crippen molar-refractivity contribution in [3.05, 3.63) is 33.9 Å². The SMILES string of the molecule is NC(=S)NN=Cc1cc([N+](=O)[O-])ccc1OCC(=O)O. The Balaban J connectivity index is 3.02. The second-order valence-corrected chi connectivity index (χ2v) is 3.84. The van der Waals surface area contributed by atoms with Gasteiger partial charge in [0.15, 0.2) is 11.7 Å². The predicted molar refractivity (Wildman–Crippen MR) is 73.7 cm³/mol. The lowest BCUT2D eigenvalue weighted by atomic mass is 10.2. The second-order valence-electron chi connectivity index (χ2n) is 3.40. The molecular weight excluding hydrogens is 288 g/mol. The maximum absolute atomic E-state index is 10.7. The molecular formula is C10H10N4O5S. The van der Waals surface area contributed by atoms with Crippen LogP contribution in [0.4, 0.5) is 5.69 Å². The number of carboxylic acids is 1. The number of hydrazone groups is 1. The van der Waals surface area contributed by atoms with Crippen LogP contribution >= 0.6 is 12.2 Å². The van der Waals surface area contributed by atoms with Crippen molar-refractivity contribution in [3.63, 3.8) is 0 Å². The highest BCUT2D eigenvalue weighted by Gasteiger charge is 2.11. The van der Waals surface area contributed by atoms with E-state index in [2.05, 4.69) is 22.7 Å². The molecule has 0 aliphatic carbocycles. The molecule has 4 N–H and O–H groups in total. The summed E-state index contributed by atoms with van der Waals surface area (Å²) in [4.78, 5) is 20.5. The number of thiocarbonyl (C=S) groups is 1. The highest BCUT2D eigenvalue weighted by molar-refractivity contribution is 7.80. The molecule has 0 fully saturated rings. The van der Waals surface area contributed by atoms with Crippen molar-refractivity contribution in [1.29, 1.82) is 0 Å². The molecule has 1 aromatic carbocycles. The Labute approximate surface area is 118 Å².